The van der Waals surface area contributed by atoms with Gasteiger partial charge in [-0.25, -0.2) is 9.97 Å². The first kappa shape index (κ1) is 14.7. The van der Waals surface area contributed by atoms with E-state index in [1.165, 1.54) is 12.1 Å². The third-order valence-electron chi connectivity index (χ3n) is 3.72. The van der Waals surface area contributed by atoms with Crippen LogP contribution in [0.3, 0.4) is 0 Å². The predicted octanol–water partition coefficient (Wildman–Crippen LogP) is 5.22. The molecule has 0 amide bonds. The second-order valence-corrected chi connectivity index (χ2v) is 5.31. The maximum Gasteiger partial charge on any atom is 0.416 e. The number of halogens is 3. The van der Waals surface area contributed by atoms with Gasteiger partial charge in [-0.3, -0.25) is 0 Å². The van der Waals surface area contributed by atoms with Crippen LogP contribution in [0.4, 0.5) is 13.2 Å². The van der Waals surface area contributed by atoms with Crippen LogP contribution in [0.2, 0.25) is 0 Å². The Kier molecular flexibility index (Phi) is 3.13. The number of oxazole rings is 2. The van der Waals surface area contributed by atoms with Gasteiger partial charge in [-0.1, -0.05) is 6.92 Å². The summed E-state index contributed by atoms with van der Waals surface area (Å²) in [5.74, 6) is 0.837. The van der Waals surface area contributed by atoms with Crippen LogP contribution in [0, 0.1) is 0 Å². The molecule has 2 heterocycles. The van der Waals surface area contributed by atoms with Gasteiger partial charge in [0.25, 0.3) is 0 Å². The molecular weight excluding hydrogens is 321 g/mol. The van der Waals surface area contributed by atoms with Gasteiger partial charge in [0.1, 0.15) is 11.0 Å². The minimum atomic E-state index is -4.37. The van der Waals surface area contributed by atoms with E-state index in [2.05, 4.69) is 9.97 Å². The predicted molar refractivity (Wildman–Crippen MR) is 81.4 cm³/mol. The number of aromatic nitrogens is 2. The van der Waals surface area contributed by atoms with E-state index in [0.29, 0.717) is 40.1 Å². The molecule has 4 aromatic rings. The molecule has 2 aromatic carbocycles. The number of benzene rings is 2. The van der Waals surface area contributed by atoms with Crippen molar-refractivity contribution in [3.05, 3.63) is 47.9 Å². The van der Waals surface area contributed by atoms with E-state index in [1.807, 2.05) is 6.92 Å². The number of nitrogens with zero attached hydrogens (tertiary/aromatic N) is 2. The number of hydrogen-bond donors (Lipinski definition) is 0. The van der Waals surface area contributed by atoms with Gasteiger partial charge in [0.2, 0.25) is 5.89 Å². The normalized spacial score (nSPS) is 12.3. The Labute approximate surface area is 133 Å². The number of aryl methyl sites for hydroxylation is 1. The van der Waals surface area contributed by atoms with Crippen molar-refractivity contribution in [1.29, 1.82) is 0 Å². The Morgan fingerprint density at radius 2 is 1.50 bits per heavy atom. The Bertz CT molecular complexity index is 1030. The van der Waals surface area contributed by atoms with Crippen molar-refractivity contribution >= 4 is 22.2 Å². The fourth-order valence-electron chi connectivity index (χ4n) is 2.50. The third kappa shape index (κ3) is 2.33. The van der Waals surface area contributed by atoms with E-state index in [9.17, 15) is 13.2 Å². The van der Waals surface area contributed by atoms with Gasteiger partial charge < -0.3 is 8.83 Å². The molecule has 0 unspecified atom stereocenters. The van der Waals surface area contributed by atoms with Crippen LogP contribution < -0.4 is 0 Å². The van der Waals surface area contributed by atoms with Gasteiger partial charge in [-0.2, -0.15) is 13.2 Å². The van der Waals surface area contributed by atoms with Crippen LogP contribution in [0.1, 0.15) is 18.4 Å². The van der Waals surface area contributed by atoms with Crippen LogP contribution in [0.15, 0.2) is 45.2 Å². The van der Waals surface area contributed by atoms with E-state index in [4.69, 9.17) is 8.83 Å². The van der Waals surface area contributed by atoms with E-state index in [-0.39, 0.29) is 5.89 Å². The molecule has 122 valence electrons. The molecule has 0 aliphatic rings. The number of fused-ring (bicyclic) bond motifs is 3. The van der Waals surface area contributed by atoms with Crippen molar-refractivity contribution in [3.8, 4) is 11.5 Å². The zero-order valence-electron chi connectivity index (χ0n) is 12.5. The van der Waals surface area contributed by atoms with Crippen LogP contribution in [0.25, 0.3) is 33.7 Å². The zero-order chi connectivity index (χ0) is 16.9. The molecular formula is C17H11F3N2O2. The molecule has 4 nitrogen and oxygen atoms in total. The lowest BCUT2D eigenvalue weighted by molar-refractivity contribution is -0.137. The second-order valence-electron chi connectivity index (χ2n) is 5.31. The zero-order valence-corrected chi connectivity index (χ0v) is 12.5. The topological polar surface area (TPSA) is 52.1 Å². The van der Waals surface area contributed by atoms with Gasteiger partial charge >= 0.3 is 6.18 Å². The molecule has 7 heteroatoms. The highest BCUT2D eigenvalue weighted by Gasteiger charge is 2.30. The summed E-state index contributed by atoms with van der Waals surface area (Å²) in [6.07, 6.45) is -3.72. The monoisotopic (exact) mass is 332 g/mol. The van der Waals surface area contributed by atoms with Crippen LogP contribution in [0.5, 0.6) is 0 Å². The van der Waals surface area contributed by atoms with E-state index >= 15 is 0 Å². The Morgan fingerprint density at radius 3 is 2.12 bits per heavy atom. The molecule has 2 aromatic heterocycles. The molecule has 0 radical (unpaired) electrons. The summed E-state index contributed by atoms with van der Waals surface area (Å²) in [5.41, 5.74) is 1.98. The molecule has 4 rings (SSSR count). The summed E-state index contributed by atoms with van der Waals surface area (Å²) < 4.78 is 49.2. The number of hydrogen-bond acceptors (Lipinski definition) is 4. The minimum Gasteiger partial charge on any atom is -0.441 e. The van der Waals surface area contributed by atoms with E-state index in [1.54, 1.807) is 12.1 Å². The maximum absolute atomic E-state index is 12.6. The Hall–Kier alpha value is -2.83. The summed E-state index contributed by atoms with van der Waals surface area (Å²) in [4.78, 5) is 8.76. The molecule has 0 saturated heterocycles. The fraction of sp³-hybridized carbons (Fsp3) is 0.176. The summed E-state index contributed by atoms with van der Waals surface area (Å²) in [5, 5.41) is 0. The lowest BCUT2D eigenvalue weighted by Crippen LogP contribution is -2.03. The minimum absolute atomic E-state index is 0.243. The summed E-state index contributed by atoms with van der Waals surface area (Å²) in [6.45, 7) is 1.93. The molecule has 0 atom stereocenters. The molecule has 0 aliphatic carbocycles. The molecule has 24 heavy (non-hydrogen) atoms. The Balaban J connectivity index is 1.82. The first-order valence-electron chi connectivity index (χ1n) is 7.32. The number of rotatable bonds is 2. The fourth-order valence-corrected chi connectivity index (χ4v) is 2.50. The third-order valence-corrected chi connectivity index (χ3v) is 3.72. The smallest absolute Gasteiger partial charge is 0.416 e. The molecule has 0 fully saturated rings. The summed E-state index contributed by atoms with van der Waals surface area (Å²) >= 11 is 0. The average molecular weight is 332 g/mol. The molecule has 0 spiro atoms. The van der Waals surface area contributed by atoms with Crippen molar-refractivity contribution in [2.75, 3.05) is 0 Å². The molecule has 0 N–H and O–H groups in total. The van der Waals surface area contributed by atoms with Crippen LogP contribution in [-0.4, -0.2) is 9.97 Å². The van der Waals surface area contributed by atoms with Crippen molar-refractivity contribution in [2.45, 2.75) is 19.5 Å². The van der Waals surface area contributed by atoms with Gasteiger partial charge in [0, 0.05) is 12.0 Å². The van der Waals surface area contributed by atoms with Gasteiger partial charge in [0.15, 0.2) is 17.1 Å². The summed E-state index contributed by atoms with van der Waals surface area (Å²) in [6, 6.07) is 8.14. The van der Waals surface area contributed by atoms with E-state index < -0.39 is 11.7 Å². The largest absolute Gasteiger partial charge is 0.441 e. The van der Waals surface area contributed by atoms with Crippen LogP contribution >= 0.6 is 0 Å². The van der Waals surface area contributed by atoms with Crippen molar-refractivity contribution in [3.63, 3.8) is 0 Å². The maximum atomic E-state index is 12.6. The Morgan fingerprint density at radius 1 is 0.875 bits per heavy atom. The van der Waals surface area contributed by atoms with Crippen molar-refractivity contribution < 1.29 is 22.0 Å². The molecule has 0 aliphatic heterocycles. The molecule has 0 saturated carbocycles. The van der Waals surface area contributed by atoms with Crippen LogP contribution in [-0.2, 0) is 12.6 Å². The first-order chi connectivity index (χ1) is 11.5. The van der Waals surface area contributed by atoms with E-state index in [0.717, 1.165) is 12.1 Å². The van der Waals surface area contributed by atoms with Gasteiger partial charge in [0.05, 0.1) is 5.56 Å². The highest BCUT2D eigenvalue weighted by atomic mass is 19.4. The van der Waals surface area contributed by atoms with Gasteiger partial charge in [-0.15, -0.1) is 0 Å². The highest BCUT2D eigenvalue weighted by molar-refractivity contribution is 5.99. The molecule has 0 bridgehead atoms. The lowest BCUT2D eigenvalue weighted by atomic mass is 10.1. The first-order valence-corrected chi connectivity index (χ1v) is 7.32. The summed E-state index contributed by atoms with van der Waals surface area (Å²) in [7, 11) is 0. The SMILES string of the molecule is CCc1nc2c(ccc3oc(-c4ccc(C(F)(F)F)cc4)nc32)o1. The lowest BCUT2D eigenvalue weighted by Gasteiger charge is -2.05. The average Bonchev–Trinajstić information content (AvgIpc) is 3.17. The van der Waals surface area contributed by atoms with Crippen molar-refractivity contribution in [1.82, 2.24) is 9.97 Å². The van der Waals surface area contributed by atoms with Crippen molar-refractivity contribution in [2.24, 2.45) is 0 Å². The second kappa shape index (κ2) is 5.09. The highest BCUT2D eigenvalue weighted by Crippen LogP contribution is 2.33. The number of alkyl halides is 3. The quantitative estimate of drug-likeness (QED) is 0.505. The standard InChI is InChI=1S/C17H11F3N2O2/c1-2-13-21-14-11(23-13)7-8-12-15(14)22-16(24-12)9-3-5-10(6-4-9)17(18,19)20/h3-8H,2H2,1H3. The van der Waals surface area contributed by atoms with Gasteiger partial charge in [-0.05, 0) is 36.4 Å².